The van der Waals surface area contributed by atoms with Crippen molar-refractivity contribution >= 4 is 33.5 Å². The number of hydrogen-bond donors (Lipinski definition) is 2. The average Bonchev–Trinajstić information content (AvgIpc) is 3.04. The van der Waals surface area contributed by atoms with Crippen LogP contribution in [0.25, 0.3) is 0 Å². The lowest BCUT2D eigenvalue weighted by Gasteiger charge is -2.59. The van der Waals surface area contributed by atoms with Crippen molar-refractivity contribution in [1.29, 1.82) is 0 Å². The molecule has 0 unspecified atom stereocenters. The van der Waals surface area contributed by atoms with Gasteiger partial charge in [-0.2, -0.15) is 0 Å². The van der Waals surface area contributed by atoms with Crippen molar-refractivity contribution in [2.24, 2.45) is 28.6 Å². The summed E-state index contributed by atoms with van der Waals surface area (Å²) in [6.45, 7) is 3.38. The van der Waals surface area contributed by atoms with Crippen LogP contribution in [-0.2, 0) is 19.1 Å². The molecular weight excluding hydrogens is 476 g/mol. The van der Waals surface area contributed by atoms with Gasteiger partial charge in [0.05, 0.1) is 6.10 Å². The lowest BCUT2D eigenvalue weighted by Crippen LogP contribution is -2.63. The number of aliphatic hydroxyl groups excluding tert-OH is 2. The molecule has 176 valence electrons. The molecule has 0 aromatic heterocycles. The highest BCUT2D eigenvalue weighted by Gasteiger charge is 2.70. The number of aliphatic hydroxyl groups is 2. The predicted molar refractivity (Wildman–Crippen MR) is 122 cm³/mol. The van der Waals surface area contributed by atoms with Crippen LogP contribution < -0.4 is 0 Å². The number of allylic oxidation sites excluding steroid dienone is 4. The third-order valence-electron chi connectivity index (χ3n) is 9.01. The van der Waals surface area contributed by atoms with Gasteiger partial charge >= 0.3 is 5.97 Å². The van der Waals surface area contributed by atoms with Crippen LogP contribution in [0, 0.1) is 28.6 Å². The maximum atomic E-state index is 13.1. The Balaban J connectivity index is 1.70. The molecule has 3 fully saturated rings. The molecule has 6 nitrogen and oxygen atoms in total. The monoisotopic (exact) mass is 508 g/mol. The number of carbonyl (C=O) groups excluding carboxylic acids is 3. The minimum absolute atomic E-state index is 0.00474. The summed E-state index contributed by atoms with van der Waals surface area (Å²) < 4.78 is 5.95. The van der Waals surface area contributed by atoms with Gasteiger partial charge in [0, 0.05) is 28.5 Å². The zero-order chi connectivity index (χ0) is 23.3. The molecule has 4 rings (SSSR count). The molecule has 0 aromatic carbocycles. The smallest absolute Gasteiger partial charge is 0.306 e. The van der Waals surface area contributed by atoms with Gasteiger partial charge in [-0.1, -0.05) is 41.4 Å². The van der Waals surface area contributed by atoms with E-state index < -0.39 is 40.9 Å². The molecule has 2 N–H and O–H groups in total. The minimum atomic E-state index is -1.41. The Morgan fingerprint density at radius 1 is 1.28 bits per heavy atom. The number of alkyl halides is 1. The number of halogens is 1. The van der Waals surface area contributed by atoms with Crippen LogP contribution in [0.15, 0.2) is 23.8 Å². The number of ether oxygens (including phenoxy) is 1. The first-order chi connectivity index (χ1) is 15.1. The Labute approximate surface area is 197 Å². The average molecular weight is 509 g/mol. The molecule has 0 heterocycles. The second-order valence-corrected chi connectivity index (χ2v) is 11.2. The van der Waals surface area contributed by atoms with Crippen molar-refractivity contribution in [3.8, 4) is 0 Å². The molecule has 32 heavy (non-hydrogen) atoms. The van der Waals surface area contributed by atoms with Crippen LogP contribution in [0.5, 0.6) is 0 Å². The normalized spacial score (nSPS) is 42.5. The number of ketones is 2. The molecule has 0 saturated heterocycles. The molecule has 0 amide bonds. The van der Waals surface area contributed by atoms with E-state index in [1.807, 2.05) is 13.0 Å². The minimum Gasteiger partial charge on any atom is -0.450 e. The first kappa shape index (κ1) is 23.8. The summed E-state index contributed by atoms with van der Waals surface area (Å²) in [6.07, 6.45) is 8.37. The SMILES string of the molecule is C[C@]12C=CC(=O)C=C1CC[C@@H]1[C@@H]2[C@@H](O)C[C@@]2(C)[C@H]1CC[C@]2(OC(=O)CCCBr)C(=O)CO. The topological polar surface area (TPSA) is 101 Å². The van der Waals surface area contributed by atoms with Gasteiger partial charge < -0.3 is 14.9 Å². The molecule has 4 aliphatic carbocycles. The third kappa shape index (κ3) is 3.38. The largest absolute Gasteiger partial charge is 0.450 e. The standard InChI is InChI=1S/C25H33BrO6/c1-23-9-7-16(28)12-15(23)5-6-17-18-8-10-25(20(30)14-27,32-21(31)4-3-11-26)24(18,2)13-19(29)22(17)23/h7,9,12,17-19,22,27,29H,3-6,8,10-11,13-14H2,1-2H3/t17-,18-,19-,22+,23-,24-,25-/m0/s1. The molecule has 7 heteroatoms. The Morgan fingerprint density at radius 3 is 2.72 bits per heavy atom. The lowest BCUT2D eigenvalue weighted by atomic mass is 9.46. The maximum absolute atomic E-state index is 13.1. The van der Waals surface area contributed by atoms with E-state index in [0.29, 0.717) is 31.0 Å². The summed E-state index contributed by atoms with van der Waals surface area (Å²) in [7, 11) is 0. The first-order valence-electron chi connectivity index (χ1n) is 11.7. The van der Waals surface area contributed by atoms with E-state index in [1.54, 1.807) is 12.2 Å². The Hall–Kier alpha value is -1.31. The van der Waals surface area contributed by atoms with Crippen molar-refractivity contribution in [3.05, 3.63) is 23.8 Å². The van der Waals surface area contributed by atoms with Gasteiger partial charge in [-0.3, -0.25) is 14.4 Å². The number of fused-ring (bicyclic) bond motifs is 5. The molecule has 7 atom stereocenters. The summed E-state index contributed by atoms with van der Waals surface area (Å²) in [5.74, 6) is -0.743. The lowest BCUT2D eigenvalue weighted by molar-refractivity contribution is -0.200. The van der Waals surface area contributed by atoms with Gasteiger partial charge in [0.25, 0.3) is 0 Å². The van der Waals surface area contributed by atoms with E-state index >= 15 is 0 Å². The molecule has 0 aliphatic heterocycles. The molecule has 0 bridgehead atoms. The molecule has 4 aliphatic rings. The number of carbonyl (C=O) groups is 3. The Bertz CT molecular complexity index is 880. The Morgan fingerprint density at radius 2 is 2.03 bits per heavy atom. The van der Waals surface area contributed by atoms with Gasteiger partial charge in [-0.15, -0.1) is 0 Å². The molecule has 0 spiro atoms. The van der Waals surface area contributed by atoms with E-state index in [4.69, 9.17) is 4.74 Å². The number of hydrogen-bond acceptors (Lipinski definition) is 6. The van der Waals surface area contributed by atoms with Crippen LogP contribution in [0.2, 0.25) is 0 Å². The zero-order valence-electron chi connectivity index (χ0n) is 18.8. The second-order valence-electron chi connectivity index (χ2n) is 10.4. The van der Waals surface area contributed by atoms with E-state index in [0.717, 1.165) is 18.4 Å². The van der Waals surface area contributed by atoms with Crippen LogP contribution in [0.3, 0.4) is 0 Å². The number of rotatable bonds is 6. The highest BCUT2D eigenvalue weighted by atomic mass is 79.9. The van der Waals surface area contributed by atoms with Crippen molar-refractivity contribution in [2.75, 3.05) is 11.9 Å². The van der Waals surface area contributed by atoms with Gasteiger partial charge in [-0.25, -0.2) is 0 Å². The molecule has 0 radical (unpaired) electrons. The van der Waals surface area contributed by atoms with E-state index in [-0.39, 0.29) is 30.0 Å². The van der Waals surface area contributed by atoms with Crippen molar-refractivity contribution in [2.45, 2.75) is 70.5 Å². The first-order valence-corrected chi connectivity index (χ1v) is 12.8. The molecular formula is C25H33BrO6. The van der Waals surface area contributed by atoms with Gasteiger partial charge in [0.15, 0.2) is 11.4 Å². The zero-order valence-corrected chi connectivity index (χ0v) is 20.4. The predicted octanol–water partition coefficient (Wildman–Crippen LogP) is 3.28. The Kier molecular flexibility index (Phi) is 6.31. The van der Waals surface area contributed by atoms with Gasteiger partial charge in [0.1, 0.15) is 6.61 Å². The van der Waals surface area contributed by atoms with Crippen LogP contribution in [-0.4, -0.2) is 51.4 Å². The van der Waals surface area contributed by atoms with E-state index in [9.17, 15) is 24.6 Å². The fraction of sp³-hybridized carbons (Fsp3) is 0.720. The summed E-state index contributed by atoms with van der Waals surface area (Å²) in [4.78, 5) is 37.7. The summed E-state index contributed by atoms with van der Waals surface area (Å²) in [5, 5.41) is 22.0. The summed E-state index contributed by atoms with van der Waals surface area (Å²) in [5.41, 5.74) is -1.47. The van der Waals surface area contributed by atoms with Crippen LogP contribution in [0.1, 0.15) is 58.8 Å². The fourth-order valence-corrected chi connectivity index (χ4v) is 7.86. The van der Waals surface area contributed by atoms with Crippen molar-refractivity contribution in [3.63, 3.8) is 0 Å². The highest BCUT2D eigenvalue weighted by Crippen LogP contribution is 2.67. The molecule has 3 saturated carbocycles. The van der Waals surface area contributed by atoms with Crippen LogP contribution >= 0.6 is 15.9 Å². The second kappa shape index (κ2) is 8.48. The fourth-order valence-electron chi connectivity index (χ4n) is 7.58. The van der Waals surface area contributed by atoms with Gasteiger partial charge in [-0.05, 0) is 62.5 Å². The number of Topliss-reactive ketones (excluding diaryl/α,β-unsaturated/α-hetero) is 1. The highest BCUT2D eigenvalue weighted by molar-refractivity contribution is 9.09. The van der Waals surface area contributed by atoms with E-state index in [1.165, 1.54) is 0 Å². The van der Waals surface area contributed by atoms with Crippen molar-refractivity contribution in [1.82, 2.24) is 0 Å². The third-order valence-corrected chi connectivity index (χ3v) is 9.57. The summed E-state index contributed by atoms with van der Waals surface area (Å²) in [6, 6.07) is 0. The van der Waals surface area contributed by atoms with Crippen molar-refractivity contribution < 1.29 is 29.3 Å². The van der Waals surface area contributed by atoms with Crippen LogP contribution in [0.4, 0.5) is 0 Å². The van der Waals surface area contributed by atoms with Gasteiger partial charge in [0.2, 0.25) is 5.78 Å². The number of esters is 1. The molecule has 0 aromatic rings. The maximum Gasteiger partial charge on any atom is 0.306 e. The summed E-state index contributed by atoms with van der Waals surface area (Å²) >= 11 is 3.32. The quantitative estimate of drug-likeness (QED) is 0.421. The van der Waals surface area contributed by atoms with E-state index in [2.05, 4.69) is 22.9 Å².